The lowest BCUT2D eigenvalue weighted by Gasteiger charge is -1.93. The standard InChI is InChI=1S/C10H9BrN2O3S/c1-3-15-10(14)8-12-9(16-13-8)6-4-5(2)7(11)17-6/h4H,3H2,1-2H3. The Balaban J connectivity index is 2.26. The number of nitrogens with zero attached hydrogens (tertiary/aromatic N) is 2. The number of aromatic nitrogens is 2. The number of rotatable bonds is 3. The van der Waals surface area contributed by atoms with Crippen LogP contribution in [0.1, 0.15) is 23.1 Å². The molecule has 0 fully saturated rings. The molecule has 17 heavy (non-hydrogen) atoms. The highest BCUT2D eigenvalue weighted by Gasteiger charge is 2.18. The van der Waals surface area contributed by atoms with Crippen molar-refractivity contribution in [3.05, 3.63) is 21.2 Å². The van der Waals surface area contributed by atoms with Gasteiger partial charge >= 0.3 is 5.97 Å². The van der Waals surface area contributed by atoms with E-state index in [0.29, 0.717) is 5.89 Å². The van der Waals surface area contributed by atoms with Crippen molar-refractivity contribution < 1.29 is 14.1 Å². The lowest BCUT2D eigenvalue weighted by Crippen LogP contribution is -2.06. The monoisotopic (exact) mass is 316 g/mol. The minimum absolute atomic E-state index is 0.0518. The molecule has 0 aliphatic rings. The van der Waals surface area contributed by atoms with Gasteiger partial charge < -0.3 is 9.26 Å². The lowest BCUT2D eigenvalue weighted by atomic mass is 10.3. The van der Waals surface area contributed by atoms with Gasteiger partial charge in [-0.1, -0.05) is 0 Å². The number of carbonyl (C=O) groups excluding carboxylic acids is 1. The third-order valence-corrected chi connectivity index (χ3v) is 4.08. The predicted octanol–water partition coefficient (Wildman–Crippen LogP) is 3.05. The van der Waals surface area contributed by atoms with Crippen LogP contribution in [0, 0.1) is 6.92 Å². The Labute approximate surface area is 110 Å². The van der Waals surface area contributed by atoms with Gasteiger partial charge in [0.05, 0.1) is 15.3 Å². The van der Waals surface area contributed by atoms with E-state index < -0.39 is 5.97 Å². The first-order chi connectivity index (χ1) is 8.11. The SMILES string of the molecule is CCOC(=O)c1noc(-c2cc(C)c(Br)s2)n1. The van der Waals surface area contributed by atoms with E-state index in [9.17, 15) is 4.79 Å². The molecule has 0 radical (unpaired) electrons. The topological polar surface area (TPSA) is 65.2 Å². The average molecular weight is 317 g/mol. The number of halogens is 1. The molecule has 0 unspecified atom stereocenters. The van der Waals surface area contributed by atoms with Gasteiger partial charge in [0.2, 0.25) is 0 Å². The van der Waals surface area contributed by atoms with Gasteiger partial charge in [-0.25, -0.2) is 4.79 Å². The van der Waals surface area contributed by atoms with E-state index in [2.05, 4.69) is 26.1 Å². The van der Waals surface area contributed by atoms with Gasteiger partial charge in [-0.3, -0.25) is 0 Å². The summed E-state index contributed by atoms with van der Waals surface area (Å²) in [6, 6.07) is 1.91. The van der Waals surface area contributed by atoms with Crippen LogP contribution >= 0.6 is 27.3 Å². The Morgan fingerprint density at radius 3 is 3.00 bits per heavy atom. The smallest absolute Gasteiger partial charge is 0.379 e. The molecule has 2 heterocycles. The molecule has 5 nitrogen and oxygen atoms in total. The maximum atomic E-state index is 11.3. The van der Waals surface area contributed by atoms with Gasteiger partial charge in [-0.2, -0.15) is 4.98 Å². The van der Waals surface area contributed by atoms with Crippen molar-refractivity contribution in [2.45, 2.75) is 13.8 Å². The summed E-state index contributed by atoms with van der Waals surface area (Å²) in [5.74, 6) is -0.300. The van der Waals surface area contributed by atoms with Crippen LogP contribution in [0.25, 0.3) is 10.8 Å². The van der Waals surface area contributed by atoms with E-state index in [1.807, 2.05) is 13.0 Å². The van der Waals surface area contributed by atoms with E-state index in [-0.39, 0.29) is 12.4 Å². The van der Waals surface area contributed by atoms with E-state index >= 15 is 0 Å². The fourth-order valence-corrected chi connectivity index (χ4v) is 2.62. The highest BCUT2D eigenvalue weighted by Crippen LogP contribution is 2.33. The minimum atomic E-state index is -0.574. The number of thiophene rings is 1. The number of carbonyl (C=O) groups is 1. The molecule has 90 valence electrons. The molecule has 2 rings (SSSR count). The normalized spacial score (nSPS) is 10.5. The molecule has 0 saturated heterocycles. The lowest BCUT2D eigenvalue weighted by molar-refractivity contribution is 0.0508. The number of aryl methyl sites for hydroxylation is 1. The Morgan fingerprint density at radius 1 is 1.65 bits per heavy atom. The first-order valence-electron chi connectivity index (χ1n) is 4.89. The molecule has 2 aromatic heterocycles. The highest BCUT2D eigenvalue weighted by atomic mass is 79.9. The van der Waals surface area contributed by atoms with Crippen LogP contribution in [-0.2, 0) is 4.74 Å². The van der Waals surface area contributed by atoms with Gasteiger partial charge in [0.15, 0.2) is 0 Å². The Hall–Kier alpha value is -1.21. The second-order valence-corrected chi connectivity index (χ2v) is 5.58. The van der Waals surface area contributed by atoms with Gasteiger partial charge in [0, 0.05) is 0 Å². The Morgan fingerprint density at radius 2 is 2.41 bits per heavy atom. The van der Waals surface area contributed by atoms with Crippen molar-refractivity contribution in [1.29, 1.82) is 0 Å². The molecule has 7 heteroatoms. The molecule has 0 aliphatic heterocycles. The van der Waals surface area contributed by atoms with Gasteiger partial charge in [0.1, 0.15) is 0 Å². The van der Waals surface area contributed by atoms with Crippen molar-refractivity contribution in [2.75, 3.05) is 6.61 Å². The number of ether oxygens (including phenoxy) is 1. The van der Waals surface area contributed by atoms with Gasteiger partial charge in [-0.05, 0) is 46.6 Å². The van der Waals surface area contributed by atoms with Crippen LogP contribution in [0.3, 0.4) is 0 Å². The second kappa shape index (κ2) is 4.97. The second-order valence-electron chi connectivity index (χ2n) is 3.21. The minimum Gasteiger partial charge on any atom is -0.460 e. The van der Waals surface area contributed by atoms with Crippen molar-refractivity contribution in [1.82, 2.24) is 10.1 Å². The van der Waals surface area contributed by atoms with Gasteiger partial charge in [-0.15, -0.1) is 11.3 Å². The molecular formula is C10H9BrN2O3S. The summed E-state index contributed by atoms with van der Waals surface area (Å²) >= 11 is 4.89. The predicted molar refractivity (Wildman–Crippen MR) is 66.0 cm³/mol. The van der Waals surface area contributed by atoms with E-state index in [4.69, 9.17) is 9.26 Å². The molecule has 0 saturated carbocycles. The van der Waals surface area contributed by atoms with Crippen molar-refractivity contribution in [3.63, 3.8) is 0 Å². The number of hydrogen-bond acceptors (Lipinski definition) is 6. The molecule has 0 aromatic carbocycles. The van der Waals surface area contributed by atoms with Crippen molar-refractivity contribution in [3.8, 4) is 10.8 Å². The van der Waals surface area contributed by atoms with Crippen LogP contribution in [-0.4, -0.2) is 22.7 Å². The maximum Gasteiger partial charge on any atom is 0.379 e. The maximum absolute atomic E-state index is 11.3. The van der Waals surface area contributed by atoms with Crippen LogP contribution in [0.15, 0.2) is 14.4 Å². The summed E-state index contributed by atoms with van der Waals surface area (Å²) in [4.78, 5) is 16.2. The van der Waals surface area contributed by atoms with Crippen molar-refractivity contribution in [2.24, 2.45) is 0 Å². The van der Waals surface area contributed by atoms with Crippen LogP contribution in [0.4, 0.5) is 0 Å². The fraction of sp³-hybridized carbons (Fsp3) is 0.300. The summed E-state index contributed by atoms with van der Waals surface area (Å²) in [5.41, 5.74) is 1.08. The van der Waals surface area contributed by atoms with Crippen LogP contribution in [0.5, 0.6) is 0 Å². The molecule has 2 aromatic rings. The Kier molecular flexibility index (Phi) is 3.58. The third-order valence-electron chi connectivity index (χ3n) is 1.95. The van der Waals surface area contributed by atoms with Crippen molar-refractivity contribution >= 4 is 33.2 Å². The van der Waals surface area contributed by atoms with E-state index in [1.165, 1.54) is 11.3 Å². The quantitative estimate of drug-likeness (QED) is 0.814. The van der Waals surface area contributed by atoms with Gasteiger partial charge in [0.25, 0.3) is 11.7 Å². The third kappa shape index (κ3) is 2.55. The zero-order chi connectivity index (χ0) is 12.4. The van der Waals surface area contributed by atoms with E-state index in [0.717, 1.165) is 14.2 Å². The highest BCUT2D eigenvalue weighted by molar-refractivity contribution is 9.11. The first-order valence-corrected chi connectivity index (χ1v) is 6.50. The fourth-order valence-electron chi connectivity index (χ4n) is 1.17. The van der Waals surface area contributed by atoms with Crippen LogP contribution < -0.4 is 0 Å². The van der Waals surface area contributed by atoms with Crippen LogP contribution in [0.2, 0.25) is 0 Å². The number of esters is 1. The molecule has 0 aliphatic carbocycles. The molecule has 0 N–H and O–H groups in total. The summed E-state index contributed by atoms with van der Waals surface area (Å²) in [7, 11) is 0. The van der Waals surface area contributed by atoms with E-state index in [1.54, 1.807) is 6.92 Å². The zero-order valence-corrected chi connectivity index (χ0v) is 11.6. The first kappa shape index (κ1) is 12.3. The summed E-state index contributed by atoms with van der Waals surface area (Å²) in [6.07, 6.45) is 0. The molecule has 0 atom stereocenters. The Bertz CT molecular complexity index is 530. The molecular weight excluding hydrogens is 308 g/mol. The molecule has 0 spiro atoms. The number of hydrogen-bond donors (Lipinski definition) is 0. The molecule has 0 amide bonds. The summed E-state index contributed by atoms with van der Waals surface area (Å²) in [6.45, 7) is 3.97. The average Bonchev–Trinajstić information content (AvgIpc) is 2.87. The largest absolute Gasteiger partial charge is 0.460 e. The summed E-state index contributed by atoms with van der Waals surface area (Å²) < 4.78 is 10.8. The summed E-state index contributed by atoms with van der Waals surface area (Å²) in [5, 5.41) is 3.58. The zero-order valence-electron chi connectivity index (χ0n) is 9.19. The molecule has 0 bridgehead atoms.